The van der Waals surface area contributed by atoms with Gasteiger partial charge in [-0.1, -0.05) is 57.2 Å². The van der Waals surface area contributed by atoms with Crippen LogP contribution in [0.5, 0.6) is 0 Å². The molecule has 0 saturated heterocycles. The van der Waals surface area contributed by atoms with Crippen LogP contribution in [-0.4, -0.2) is 26.0 Å². The molecule has 3 aromatic rings. The number of anilines is 1. The molecule has 4 heteroatoms. The van der Waals surface area contributed by atoms with Gasteiger partial charge in [-0.2, -0.15) is 0 Å². The van der Waals surface area contributed by atoms with E-state index in [1.807, 2.05) is 24.3 Å². The molecule has 0 atom stereocenters. The number of hydrogen-bond donors (Lipinski definition) is 1. The molecule has 0 saturated carbocycles. The second-order valence-electron chi connectivity index (χ2n) is 9.20. The fraction of sp³-hybridized carbons (Fsp3) is 0.370. The molecule has 4 nitrogen and oxygen atoms in total. The van der Waals surface area contributed by atoms with Crippen LogP contribution < -0.4 is 10.2 Å². The number of furan rings is 1. The molecular weight excluding hydrogens is 384 g/mol. The van der Waals surface area contributed by atoms with Crippen molar-refractivity contribution in [3.63, 3.8) is 0 Å². The lowest BCUT2D eigenvalue weighted by atomic mass is 9.85. The molecule has 1 heterocycles. The van der Waals surface area contributed by atoms with E-state index in [1.165, 1.54) is 22.4 Å². The van der Waals surface area contributed by atoms with Crippen LogP contribution in [0.4, 0.5) is 5.69 Å². The summed E-state index contributed by atoms with van der Waals surface area (Å²) < 4.78 is 5.85. The number of carbonyl (C=O) groups is 1. The third-order valence-electron chi connectivity index (χ3n) is 5.62. The average Bonchev–Trinajstić information content (AvgIpc) is 3.21. The molecule has 0 unspecified atom stereocenters. The smallest absolute Gasteiger partial charge is 0.286 e. The standard InChI is InChI=1S/C27H34N2O2/c1-20-12-13-22(27(2,3)4)18-21(20)19-24-14-15-25(31-24)26(30)28-16-9-17-29(5)23-10-7-6-8-11-23/h6-8,10-15,18H,9,16-17,19H2,1-5H3,(H,28,30). The van der Waals surface area contributed by atoms with E-state index in [-0.39, 0.29) is 11.3 Å². The van der Waals surface area contributed by atoms with Crippen molar-refractivity contribution in [2.75, 3.05) is 25.0 Å². The molecule has 2 aromatic carbocycles. The lowest BCUT2D eigenvalue weighted by Gasteiger charge is -2.20. The van der Waals surface area contributed by atoms with Gasteiger partial charge in [-0.25, -0.2) is 0 Å². The number of para-hydroxylation sites is 1. The van der Waals surface area contributed by atoms with E-state index >= 15 is 0 Å². The molecule has 0 aliphatic carbocycles. The highest BCUT2D eigenvalue weighted by atomic mass is 16.3. The maximum atomic E-state index is 12.5. The van der Waals surface area contributed by atoms with Gasteiger partial charge < -0.3 is 14.6 Å². The van der Waals surface area contributed by atoms with E-state index in [0.29, 0.717) is 18.7 Å². The lowest BCUT2D eigenvalue weighted by molar-refractivity contribution is 0.0924. The molecule has 31 heavy (non-hydrogen) atoms. The van der Waals surface area contributed by atoms with E-state index in [4.69, 9.17) is 4.42 Å². The Morgan fingerprint density at radius 1 is 1.03 bits per heavy atom. The summed E-state index contributed by atoms with van der Waals surface area (Å²) in [4.78, 5) is 14.6. The number of amides is 1. The summed E-state index contributed by atoms with van der Waals surface area (Å²) >= 11 is 0. The van der Waals surface area contributed by atoms with E-state index < -0.39 is 0 Å². The van der Waals surface area contributed by atoms with Gasteiger partial charge in [-0.15, -0.1) is 0 Å². The van der Waals surface area contributed by atoms with Gasteiger partial charge >= 0.3 is 0 Å². The minimum Gasteiger partial charge on any atom is -0.456 e. The molecule has 0 aliphatic rings. The van der Waals surface area contributed by atoms with Crippen LogP contribution in [0.3, 0.4) is 0 Å². The molecular formula is C27H34N2O2. The minimum atomic E-state index is -0.159. The summed E-state index contributed by atoms with van der Waals surface area (Å²) in [5.74, 6) is 1.02. The summed E-state index contributed by atoms with van der Waals surface area (Å²) in [5, 5.41) is 2.96. The maximum absolute atomic E-state index is 12.5. The second-order valence-corrected chi connectivity index (χ2v) is 9.20. The van der Waals surface area contributed by atoms with Crippen molar-refractivity contribution < 1.29 is 9.21 Å². The van der Waals surface area contributed by atoms with Crippen LogP contribution >= 0.6 is 0 Å². The number of hydrogen-bond acceptors (Lipinski definition) is 3. The molecule has 164 valence electrons. The quantitative estimate of drug-likeness (QED) is 0.475. The topological polar surface area (TPSA) is 45.5 Å². The fourth-order valence-electron chi connectivity index (χ4n) is 3.53. The van der Waals surface area contributed by atoms with Crippen molar-refractivity contribution in [3.8, 4) is 0 Å². The summed E-state index contributed by atoms with van der Waals surface area (Å²) in [6.07, 6.45) is 1.55. The van der Waals surface area contributed by atoms with Gasteiger partial charge in [0.15, 0.2) is 5.76 Å². The zero-order valence-electron chi connectivity index (χ0n) is 19.4. The number of benzene rings is 2. The Balaban J connectivity index is 1.52. The van der Waals surface area contributed by atoms with E-state index in [1.54, 1.807) is 6.07 Å². The first-order valence-corrected chi connectivity index (χ1v) is 11.0. The molecule has 0 aliphatic heterocycles. The third kappa shape index (κ3) is 6.24. The Morgan fingerprint density at radius 2 is 1.77 bits per heavy atom. The Morgan fingerprint density at radius 3 is 2.48 bits per heavy atom. The van der Waals surface area contributed by atoms with Gasteiger partial charge in [0.1, 0.15) is 5.76 Å². The van der Waals surface area contributed by atoms with Gasteiger partial charge in [0, 0.05) is 32.2 Å². The highest BCUT2D eigenvalue weighted by Crippen LogP contribution is 2.26. The molecule has 3 rings (SSSR count). The van der Waals surface area contributed by atoms with Gasteiger partial charge in [-0.3, -0.25) is 4.79 Å². The molecule has 0 radical (unpaired) electrons. The number of nitrogens with one attached hydrogen (secondary N) is 1. The van der Waals surface area contributed by atoms with E-state index in [0.717, 1.165) is 18.7 Å². The highest BCUT2D eigenvalue weighted by Gasteiger charge is 2.16. The molecule has 0 fully saturated rings. The van der Waals surface area contributed by atoms with Crippen LogP contribution in [0.15, 0.2) is 65.1 Å². The van der Waals surface area contributed by atoms with Crippen molar-refractivity contribution in [1.29, 1.82) is 0 Å². The zero-order valence-corrected chi connectivity index (χ0v) is 19.4. The monoisotopic (exact) mass is 418 g/mol. The number of rotatable bonds is 8. The average molecular weight is 419 g/mol. The lowest BCUT2D eigenvalue weighted by Crippen LogP contribution is -2.27. The Kier molecular flexibility index (Phi) is 7.21. The number of nitrogens with zero attached hydrogens (tertiary/aromatic N) is 1. The second kappa shape index (κ2) is 9.86. The Hall–Kier alpha value is -3.01. The first-order chi connectivity index (χ1) is 14.7. The summed E-state index contributed by atoms with van der Waals surface area (Å²) in [7, 11) is 2.06. The number of aryl methyl sites for hydroxylation is 1. The Labute approximate surface area is 186 Å². The largest absolute Gasteiger partial charge is 0.456 e. The first kappa shape index (κ1) is 22.7. The Bertz CT molecular complexity index is 1000. The zero-order chi connectivity index (χ0) is 22.4. The highest BCUT2D eigenvalue weighted by molar-refractivity contribution is 5.91. The third-order valence-corrected chi connectivity index (χ3v) is 5.62. The number of carbonyl (C=O) groups excluding carboxylic acids is 1. The van der Waals surface area contributed by atoms with E-state index in [2.05, 4.69) is 75.3 Å². The molecule has 1 N–H and O–H groups in total. The molecule has 1 amide bonds. The van der Waals surface area contributed by atoms with Crippen LogP contribution in [-0.2, 0) is 11.8 Å². The predicted octanol–water partition coefficient (Wildman–Crippen LogP) is 5.73. The van der Waals surface area contributed by atoms with Crippen molar-refractivity contribution >= 4 is 11.6 Å². The van der Waals surface area contributed by atoms with Gasteiger partial charge in [0.25, 0.3) is 5.91 Å². The molecule has 1 aromatic heterocycles. The van der Waals surface area contributed by atoms with E-state index in [9.17, 15) is 4.79 Å². The summed E-state index contributed by atoms with van der Waals surface area (Å²) in [6, 6.07) is 20.5. The van der Waals surface area contributed by atoms with Crippen molar-refractivity contribution in [2.45, 2.75) is 46.0 Å². The molecule has 0 bridgehead atoms. The summed E-state index contributed by atoms with van der Waals surface area (Å²) in [5.41, 5.74) is 5.05. The fourth-order valence-corrected chi connectivity index (χ4v) is 3.53. The first-order valence-electron chi connectivity index (χ1n) is 11.0. The predicted molar refractivity (Wildman–Crippen MR) is 128 cm³/mol. The summed E-state index contributed by atoms with van der Waals surface area (Å²) in [6.45, 7) is 10.2. The maximum Gasteiger partial charge on any atom is 0.286 e. The SMILES string of the molecule is Cc1ccc(C(C)(C)C)cc1Cc1ccc(C(=O)NCCCN(C)c2ccccc2)o1. The van der Waals surface area contributed by atoms with Crippen LogP contribution in [0.25, 0.3) is 0 Å². The minimum absolute atomic E-state index is 0.102. The normalized spacial score (nSPS) is 11.4. The van der Waals surface area contributed by atoms with Gasteiger partial charge in [-0.05, 0) is 59.7 Å². The molecule has 0 spiro atoms. The van der Waals surface area contributed by atoms with Crippen LogP contribution in [0.2, 0.25) is 0 Å². The van der Waals surface area contributed by atoms with Crippen molar-refractivity contribution in [3.05, 3.63) is 88.9 Å². The van der Waals surface area contributed by atoms with Crippen LogP contribution in [0.1, 0.15) is 60.2 Å². The van der Waals surface area contributed by atoms with Gasteiger partial charge in [0.2, 0.25) is 0 Å². The van der Waals surface area contributed by atoms with Gasteiger partial charge in [0.05, 0.1) is 0 Å². The van der Waals surface area contributed by atoms with Crippen LogP contribution in [0, 0.1) is 6.92 Å². The van der Waals surface area contributed by atoms with Crippen molar-refractivity contribution in [2.24, 2.45) is 0 Å². The van der Waals surface area contributed by atoms with Crippen molar-refractivity contribution in [1.82, 2.24) is 5.32 Å².